The lowest BCUT2D eigenvalue weighted by Gasteiger charge is -2.40. The number of hydrogen-bond acceptors (Lipinski definition) is 1. The van der Waals surface area contributed by atoms with Crippen LogP contribution >= 0.6 is 0 Å². The molecule has 1 aliphatic carbocycles. The minimum absolute atomic E-state index is 0.362. The molecule has 1 nitrogen and oxygen atoms in total. The van der Waals surface area contributed by atoms with Crippen molar-refractivity contribution in [2.24, 2.45) is 11.8 Å². The minimum atomic E-state index is -0.828. The number of halogens is 1. The Morgan fingerprint density at radius 1 is 1.07 bits per heavy atom. The van der Waals surface area contributed by atoms with Gasteiger partial charge in [-0.3, -0.25) is 0 Å². The van der Waals surface area contributed by atoms with E-state index in [9.17, 15) is 4.39 Å². The fraction of sp³-hybridized carbons (Fsp3) is 1.00. The van der Waals surface area contributed by atoms with Crippen LogP contribution in [0.3, 0.4) is 0 Å². The molecule has 0 unspecified atom stereocenters. The molecule has 82 valence electrons. The van der Waals surface area contributed by atoms with Gasteiger partial charge in [-0.15, -0.1) is 0 Å². The van der Waals surface area contributed by atoms with Crippen molar-refractivity contribution < 1.29 is 4.39 Å². The molecule has 0 aromatic heterocycles. The second-order valence-corrected chi connectivity index (χ2v) is 5.24. The molecule has 2 rings (SSSR count). The van der Waals surface area contributed by atoms with Crippen LogP contribution in [-0.4, -0.2) is 18.8 Å². The fourth-order valence-electron chi connectivity index (χ4n) is 3.03. The van der Waals surface area contributed by atoms with Crippen LogP contribution < -0.4 is 5.32 Å². The van der Waals surface area contributed by atoms with E-state index < -0.39 is 5.67 Å². The first-order valence-corrected chi connectivity index (χ1v) is 6.10. The van der Waals surface area contributed by atoms with Crippen LogP contribution in [0.15, 0.2) is 0 Å². The quantitative estimate of drug-likeness (QED) is 0.684. The fourth-order valence-corrected chi connectivity index (χ4v) is 3.03. The van der Waals surface area contributed by atoms with Gasteiger partial charge in [0.15, 0.2) is 0 Å². The third kappa shape index (κ3) is 2.10. The molecule has 1 saturated carbocycles. The lowest BCUT2D eigenvalue weighted by atomic mass is 9.71. The number of hydrogen-bond donors (Lipinski definition) is 1. The van der Waals surface area contributed by atoms with Crippen LogP contribution in [0.25, 0.3) is 0 Å². The highest BCUT2D eigenvalue weighted by atomic mass is 19.1. The van der Waals surface area contributed by atoms with Crippen LogP contribution in [0.2, 0.25) is 0 Å². The number of rotatable bonds is 1. The molecule has 1 saturated heterocycles. The zero-order chi connectivity index (χ0) is 10.0. The maximum absolute atomic E-state index is 14.5. The Kier molecular flexibility index (Phi) is 3.10. The van der Waals surface area contributed by atoms with E-state index in [2.05, 4.69) is 12.2 Å². The SMILES string of the molecule is CC1CCC(C2(F)CCNCC2)CC1. The highest BCUT2D eigenvalue weighted by Gasteiger charge is 2.40. The Bertz CT molecular complexity index is 179. The highest BCUT2D eigenvalue weighted by Crippen LogP contribution is 2.41. The summed E-state index contributed by atoms with van der Waals surface area (Å²) in [6, 6.07) is 0. The van der Waals surface area contributed by atoms with E-state index in [0.29, 0.717) is 5.92 Å². The monoisotopic (exact) mass is 199 g/mol. The molecule has 2 fully saturated rings. The predicted molar refractivity (Wildman–Crippen MR) is 57.1 cm³/mol. The molecule has 0 aromatic carbocycles. The van der Waals surface area contributed by atoms with Crippen molar-refractivity contribution in [2.45, 2.75) is 51.1 Å². The van der Waals surface area contributed by atoms with E-state index in [1.54, 1.807) is 0 Å². The first kappa shape index (κ1) is 10.4. The molecule has 0 radical (unpaired) electrons. The van der Waals surface area contributed by atoms with Gasteiger partial charge in [0, 0.05) is 0 Å². The largest absolute Gasteiger partial charge is 0.316 e. The molecule has 0 atom stereocenters. The highest BCUT2D eigenvalue weighted by molar-refractivity contribution is 4.92. The van der Waals surface area contributed by atoms with Gasteiger partial charge in [-0.1, -0.05) is 19.8 Å². The summed E-state index contributed by atoms with van der Waals surface area (Å²) in [6.45, 7) is 4.05. The number of alkyl halides is 1. The lowest BCUT2D eigenvalue weighted by Crippen LogP contribution is -2.45. The molecular formula is C12H22FN. The van der Waals surface area contributed by atoms with Crippen LogP contribution in [0.4, 0.5) is 4.39 Å². The third-order valence-corrected chi connectivity index (χ3v) is 4.18. The van der Waals surface area contributed by atoms with Gasteiger partial charge in [-0.2, -0.15) is 0 Å². The van der Waals surface area contributed by atoms with Gasteiger partial charge in [-0.05, 0) is 50.6 Å². The lowest BCUT2D eigenvalue weighted by molar-refractivity contribution is 0.0190. The van der Waals surface area contributed by atoms with E-state index in [4.69, 9.17) is 0 Å². The maximum Gasteiger partial charge on any atom is 0.116 e. The zero-order valence-corrected chi connectivity index (χ0v) is 9.19. The predicted octanol–water partition coefficient (Wildman–Crippen LogP) is 2.90. The zero-order valence-electron chi connectivity index (χ0n) is 9.19. The standard InChI is InChI=1S/C12H22FN/c1-10-2-4-11(5-3-10)12(13)6-8-14-9-7-12/h10-11,14H,2-9H2,1H3. The Balaban J connectivity index is 1.92. The van der Waals surface area contributed by atoms with Gasteiger partial charge in [0.25, 0.3) is 0 Å². The van der Waals surface area contributed by atoms with Crippen molar-refractivity contribution in [3.8, 4) is 0 Å². The minimum Gasteiger partial charge on any atom is -0.316 e. The smallest absolute Gasteiger partial charge is 0.116 e. The Labute approximate surface area is 86.5 Å². The molecule has 0 aromatic rings. The summed E-state index contributed by atoms with van der Waals surface area (Å²) in [5, 5.41) is 3.25. The molecule has 1 N–H and O–H groups in total. The molecule has 0 amide bonds. The van der Waals surface area contributed by atoms with E-state index in [1.165, 1.54) is 12.8 Å². The summed E-state index contributed by atoms with van der Waals surface area (Å²) in [5.41, 5.74) is -0.828. The van der Waals surface area contributed by atoms with Crippen LogP contribution in [0, 0.1) is 11.8 Å². The molecule has 2 heteroatoms. The molecule has 0 bridgehead atoms. The summed E-state index contributed by atoms with van der Waals surface area (Å²) < 4.78 is 14.5. The third-order valence-electron chi connectivity index (χ3n) is 4.18. The summed E-state index contributed by atoms with van der Waals surface area (Å²) in [4.78, 5) is 0. The van der Waals surface area contributed by atoms with Gasteiger partial charge in [0.2, 0.25) is 0 Å². The second-order valence-electron chi connectivity index (χ2n) is 5.24. The van der Waals surface area contributed by atoms with Crippen LogP contribution in [0.5, 0.6) is 0 Å². The van der Waals surface area contributed by atoms with Gasteiger partial charge in [0.1, 0.15) is 5.67 Å². The van der Waals surface area contributed by atoms with Crippen LogP contribution in [0.1, 0.15) is 45.4 Å². The van der Waals surface area contributed by atoms with Crippen molar-refractivity contribution in [1.82, 2.24) is 5.32 Å². The van der Waals surface area contributed by atoms with Gasteiger partial charge in [0.05, 0.1) is 0 Å². The second kappa shape index (κ2) is 4.18. The maximum atomic E-state index is 14.5. The Morgan fingerprint density at radius 3 is 2.21 bits per heavy atom. The van der Waals surface area contributed by atoms with E-state index in [1.807, 2.05) is 0 Å². The van der Waals surface area contributed by atoms with E-state index in [-0.39, 0.29) is 0 Å². The summed E-state index contributed by atoms with van der Waals surface area (Å²) >= 11 is 0. The van der Waals surface area contributed by atoms with Crippen molar-refractivity contribution in [3.05, 3.63) is 0 Å². The van der Waals surface area contributed by atoms with Crippen molar-refractivity contribution in [1.29, 1.82) is 0 Å². The average molecular weight is 199 g/mol. The normalized spacial score (nSPS) is 38.1. The Hall–Kier alpha value is -0.110. The first-order valence-electron chi connectivity index (χ1n) is 6.10. The molecule has 14 heavy (non-hydrogen) atoms. The molecule has 2 aliphatic rings. The van der Waals surface area contributed by atoms with Gasteiger partial charge < -0.3 is 5.32 Å². The molecule has 0 spiro atoms. The van der Waals surface area contributed by atoms with Crippen molar-refractivity contribution >= 4 is 0 Å². The summed E-state index contributed by atoms with van der Waals surface area (Å²) in [7, 11) is 0. The first-order chi connectivity index (χ1) is 6.71. The van der Waals surface area contributed by atoms with E-state index >= 15 is 0 Å². The van der Waals surface area contributed by atoms with Crippen molar-refractivity contribution in [2.75, 3.05) is 13.1 Å². The average Bonchev–Trinajstić information content (AvgIpc) is 2.19. The summed E-state index contributed by atoms with van der Waals surface area (Å²) in [5.74, 6) is 1.19. The Morgan fingerprint density at radius 2 is 1.64 bits per heavy atom. The topological polar surface area (TPSA) is 12.0 Å². The molecular weight excluding hydrogens is 177 g/mol. The molecule has 1 aliphatic heterocycles. The van der Waals surface area contributed by atoms with E-state index in [0.717, 1.165) is 44.7 Å². The number of nitrogens with one attached hydrogen (secondary N) is 1. The number of piperidine rings is 1. The van der Waals surface area contributed by atoms with Gasteiger partial charge in [-0.25, -0.2) is 4.39 Å². The molecule has 1 heterocycles. The van der Waals surface area contributed by atoms with Crippen LogP contribution in [-0.2, 0) is 0 Å². The summed E-state index contributed by atoms with van der Waals surface area (Å²) in [6.07, 6.45) is 6.21. The van der Waals surface area contributed by atoms with Gasteiger partial charge >= 0.3 is 0 Å². The van der Waals surface area contributed by atoms with Crippen molar-refractivity contribution in [3.63, 3.8) is 0 Å².